The Bertz CT molecular complexity index is 149. The molecule has 0 aromatic rings. The van der Waals surface area contributed by atoms with E-state index in [0.717, 1.165) is 0 Å². The van der Waals surface area contributed by atoms with Crippen LogP contribution in [0.15, 0.2) is 36.5 Å². The average molecular weight is 106 g/mol. The summed E-state index contributed by atoms with van der Waals surface area (Å²) in [5.41, 5.74) is 1.34. The lowest BCUT2D eigenvalue weighted by atomic mass is 10.2. The first kappa shape index (κ1) is 5.36. The lowest BCUT2D eigenvalue weighted by molar-refractivity contribution is 1.09. The quantitative estimate of drug-likeness (QED) is 0.450. The fourth-order valence-corrected chi connectivity index (χ4v) is 0.824. The Hall–Kier alpha value is -0.780. The summed E-state index contributed by atoms with van der Waals surface area (Å²) in [5.74, 6) is 0.495. The Morgan fingerprint density at radius 3 is 2.75 bits per heavy atom. The number of rotatable bonds is 1. The minimum Gasteiger partial charge on any atom is -0.102 e. The first-order valence-corrected chi connectivity index (χ1v) is 2.82. The Labute approximate surface area is 50.2 Å². The molecule has 0 aromatic heterocycles. The van der Waals surface area contributed by atoms with Gasteiger partial charge in [0.05, 0.1) is 0 Å². The molecule has 8 heavy (non-hydrogen) atoms. The summed E-state index contributed by atoms with van der Waals surface area (Å²) in [5, 5.41) is 0. The second kappa shape index (κ2) is 1.99. The molecule has 42 valence electrons. The van der Waals surface area contributed by atoms with Crippen molar-refractivity contribution in [3.05, 3.63) is 36.5 Å². The minimum atomic E-state index is 0.495. The largest absolute Gasteiger partial charge is 0.102 e. The third-order valence-electron chi connectivity index (χ3n) is 1.31. The molecule has 1 rings (SSSR count). The van der Waals surface area contributed by atoms with Crippen LogP contribution in [0.25, 0.3) is 0 Å². The SMILES string of the molecule is C=CC1C=CC(C)=C1. The fourth-order valence-electron chi connectivity index (χ4n) is 0.824. The minimum absolute atomic E-state index is 0.495. The zero-order chi connectivity index (χ0) is 5.98. The molecule has 1 unspecified atom stereocenters. The molecule has 0 aliphatic heterocycles. The van der Waals surface area contributed by atoms with E-state index >= 15 is 0 Å². The molecule has 0 nitrogen and oxygen atoms in total. The van der Waals surface area contributed by atoms with Gasteiger partial charge in [-0.15, -0.1) is 6.58 Å². The zero-order valence-corrected chi connectivity index (χ0v) is 5.09. The average Bonchev–Trinajstić information content (AvgIpc) is 2.14. The third kappa shape index (κ3) is 0.890. The van der Waals surface area contributed by atoms with E-state index in [0.29, 0.717) is 5.92 Å². The van der Waals surface area contributed by atoms with Gasteiger partial charge in [-0.1, -0.05) is 29.9 Å². The van der Waals surface area contributed by atoms with Crippen LogP contribution in [0.2, 0.25) is 0 Å². The topological polar surface area (TPSA) is 0 Å². The predicted octanol–water partition coefficient (Wildman–Crippen LogP) is 2.30. The van der Waals surface area contributed by atoms with E-state index < -0.39 is 0 Å². The van der Waals surface area contributed by atoms with Crippen molar-refractivity contribution >= 4 is 0 Å². The Kier molecular flexibility index (Phi) is 1.34. The molecule has 1 aliphatic carbocycles. The van der Waals surface area contributed by atoms with Gasteiger partial charge in [-0.3, -0.25) is 0 Å². The zero-order valence-electron chi connectivity index (χ0n) is 5.09. The molecule has 0 radical (unpaired) electrons. The highest BCUT2D eigenvalue weighted by Crippen LogP contribution is 2.14. The van der Waals surface area contributed by atoms with Gasteiger partial charge < -0.3 is 0 Å². The van der Waals surface area contributed by atoms with Crippen molar-refractivity contribution in [1.29, 1.82) is 0 Å². The van der Waals surface area contributed by atoms with Gasteiger partial charge in [0.15, 0.2) is 0 Å². The van der Waals surface area contributed by atoms with Crippen molar-refractivity contribution in [3.8, 4) is 0 Å². The van der Waals surface area contributed by atoms with Gasteiger partial charge in [0.25, 0.3) is 0 Å². The molecule has 0 spiro atoms. The predicted molar refractivity (Wildman–Crippen MR) is 36.6 cm³/mol. The second-order valence-electron chi connectivity index (χ2n) is 2.08. The van der Waals surface area contributed by atoms with Gasteiger partial charge in [-0.2, -0.15) is 0 Å². The number of allylic oxidation sites excluding steroid dienone is 5. The fraction of sp³-hybridized carbons (Fsp3) is 0.250. The molecule has 0 bridgehead atoms. The van der Waals surface area contributed by atoms with Gasteiger partial charge in [0, 0.05) is 5.92 Å². The van der Waals surface area contributed by atoms with Crippen LogP contribution in [-0.4, -0.2) is 0 Å². The summed E-state index contributed by atoms with van der Waals surface area (Å²) in [6.45, 7) is 5.78. The van der Waals surface area contributed by atoms with E-state index in [4.69, 9.17) is 0 Å². The second-order valence-corrected chi connectivity index (χ2v) is 2.08. The molecule has 0 saturated heterocycles. The molecule has 0 saturated carbocycles. The molecule has 0 heterocycles. The monoisotopic (exact) mass is 106 g/mol. The third-order valence-corrected chi connectivity index (χ3v) is 1.31. The van der Waals surface area contributed by atoms with Crippen molar-refractivity contribution in [1.82, 2.24) is 0 Å². The summed E-state index contributed by atoms with van der Waals surface area (Å²) < 4.78 is 0. The summed E-state index contributed by atoms with van der Waals surface area (Å²) in [6, 6.07) is 0. The van der Waals surface area contributed by atoms with Gasteiger partial charge in [0.2, 0.25) is 0 Å². The van der Waals surface area contributed by atoms with Crippen LogP contribution in [-0.2, 0) is 0 Å². The molecule has 0 amide bonds. The van der Waals surface area contributed by atoms with Crippen molar-refractivity contribution in [2.24, 2.45) is 5.92 Å². The van der Waals surface area contributed by atoms with Crippen molar-refractivity contribution in [3.63, 3.8) is 0 Å². The maximum Gasteiger partial charge on any atom is 0.0133 e. The first-order chi connectivity index (χ1) is 3.83. The highest BCUT2D eigenvalue weighted by Gasteiger charge is 1.99. The molecular weight excluding hydrogens is 96.1 g/mol. The highest BCUT2D eigenvalue weighted by atomic mass is 14.0. The maximum atomic E-state index is 3.68. The van der Waals surface area contributed by atoms with Crippen LogP contribution >= 0.6 is 0 Å². The standard InChI is InChI=1S/C8H10/c1-3-8-5-4-7(2)6-8/h3-6,8H,1H2,2H3. The maximum absolute atomic E-state index is 3.68. The number of hydrogen-bond acceptors (Lipinski definition) is 0. The van der Waals surface area contributed by atoms with Crippen LogP contribution in [0.5, 0.6) is 0 Å². The molecule has 1 atom stereocenters. The van der Waals surface area contributed by atoms with Crippen LogP contribution < -0.4 is 0 Å². The van der Waals surface area contributed by atoms with Crippen LogP contribution in [0.4, 0.5) is 0 Å². The van der Waals surface area contributed by atoms with E-state index in [1.54, 1.807) is 0 Å². The number of hydrogen-bond donors (Lipinski definition) is 0. The highest BCUT2D eigenvalue weighted by molar-refractivity contribution is 5.29. The van der Waals surface area contributed by atoms with E-state index in [1.165, 1.54) is 5.57 Å². The normalized spacial score (nSPS) is 25.6. The van der Waals surface area contributed by atoms with Gasteiger partial charge in [-0.05, 0) is 6.92 Å². The van der Waals surface area contributed by atoms with E-state index in [2.05, 4.69) is 31.7 Å². The van der Waals surface area contributed by atoms with Crippen molar-refractivity contribution in [2.75, 3.05) is 0 Å². The van der Waals surface area contributed by atoms with Crippen LogP contribution in [0, 0.1) is 5.92 Å². The lowest BCUT2D eigenvalue weighted by Crippen LogP contribution is -1.76. The molecule has 0 heteroatoms. The Morgan fingerprint density at radius 2 is 2.50 bits per heavy atom. The van der Waals surface area contributed by atoms with E-state index in [1.807, 2.05) is 6.08 Å². The molecular formula is C8H10. The van der Waals surface area contributed by atoms with Gasteiger partial charge >= 0.3 is 0 Å². The molecule has 0 fully saturated rings. The summed E-state index contributed by atoms with van der Waals surface area (Å²) >= 11 is 0. The van der Waals surface area contributed by atoms with E-state index in [9.17, 15) is 0 Å². The summed E-state index contributed by atoms with van der Waals surface area (Å²) in [7, 11) is 0. The van der Waals surface area contributed by atoms with Gasteiger partial charge in [-0.25, -0.2) is 0 Å². The van der Waals surface area contributed by atoms with Gasteiger partial charge in [0.1, 0.15) is 0 Å². The lowest BCUT2D eigenvalue weighted by Gasteiger charge is -1.89. The van der Waals surface area contributed by atoms with Crippen molar-refractivity contribution < 1.29 is 0 Å². The summed E-state index contributed by atoms with van der Waals surface area (Å²) in [4.78, 5) is 0. The molecule has 0 aromatic carbocycles. The molecule has 1 aliphatic rings. The Morgan fingerprint density at radius 1 is 1.75 bits per heavy atom. The van der Waals surface area contributed by atoms with Crippen LogP contribution in [0.3, 0.4) is 0 Å². The smallest absolute Gasteiger partial charge is 0.0133 e. The van der Waals surface area contributed by atoms with Crippen LogP contribution in [0.1, 0.15) is 6.92 Å². The molecule has 0 N–H and O–H groups in total. The van der Waals surface area contributed by atoms with Crippen molar-refractivity contribution in [2.45, 2.75) is 6.92 Å². The summed E-state index contributed by atoms with van der Waals surface area (Å²) in [6.07, 6.45) is 8.38. The van der Waals surface area contributed by atoms with E-state index in [-0.39, 0.29) is 0 Å². The Balaban J connectivity index is 2.68. The first-order valence-electron chi connectivity index (χ1n) is 2.82.